The number of hydrogen-bond donors (Lipinski definition) is 1. The maximum Gasteiger partial charge on any atom is 0.389 e. The minimum atomic E-state index is -3.09. The lowest BCUT2D eigenvalue weighted by atomic mass is 10.3. The van der Waals surface area contributed by atoms with Gasteiger partial charge in [0.25, 0.3) is 0 Å². The van der Waals surface area contributed by atoms with Crippen LogP contribution in [0.5, 0.6) is 5.75 Å². The highest BCUT2D eigenvalue weighted by molar-refractivity contribution is 5.69. The molecule has 0 atom stereocenters. The van der Waals surface area contributed by atoms with Crippen LogP contribution in [0.4, 0.5) is 14.5 Å². The number of esters is 1. The van der Waals surface area contributed by atoms with Crippen molar-refractivity contribution in [1.29, 1.82) is 0 Å². The topological polar surface area (TPSA) is 61.5 Å². The van der Waals surface area contributed by atoms with E-state index in [1.54, 1.807) is 24.3 Å². The molecule has 0 amide bonds. The molecule has 0 bridgehead atoms. The largest absolute Gasteiger partial charge is 0.491 e. The first-order chi connectivity index (χ1) is 7.59. The average Bonchev–Trinajstić information content (AvgIpc) is 2.19. The molecule has 0 fully saturated rings. The van der Waals surface area contributed by atoms with E-state index in [2.05, 4.69) is 4.74 Å². The van der Waals surface area contributed by atoms with Crippen LogP contribution in [0.15, 0.2) is 24.3 Å². The molecule has 0 aliphatic carbocycles. The lowest BCUT2D eigenvalue weighted by Gasteiger charge is -2.07. The smallest absolute Gasteiger partial charge is 0.389 e. The number of halogens is 2. The summed E-state index contributed by atoms with van der Waals surface area (Å²) >= 11 is 0. The Bertz CT molecular complexity index is 358. The Morgan fingerprint density at radius 1 is 1.38 bits per heavy atom. The molecule has 16 heavy (non-hydrogen) atoms. The molecule has 1 aromatic rings. The molecule has 88 valence electrons. The zero-order valence-electron chi connectivity index (χ0n) is 8.36. The molecule has 0 aliphatic rings. The van der Waals surface area contributed by atoms with Crippen molar-refractivity contribution in [3.05, 3.63) is 24.3 Å². The van der Waals surface area contributed by atoms with Crippen LogP contribution in [0, 0.1) is 0 Å². The van der Waals surface area contributed by atoms with E-state index < -0.39 is 12.6 Å². The van der Waals surface area contributed by atoms with Gasteiger partial charge in [0.2, 0.25) is 0 Å². The Morgan fingerprint density at radius 3 is 2.69 bits per heavy atom. The number of alkyl halides is 2. The Labute approximate surface area is 91.0 Å². The SMILES string of the molecule is Nc1ccccc1OCCC(=O)OC(F)F. The summed E-state index contributed by atoms with van der Waals surface area (Å²) in [6, 6.07) is 6.69. The number of anilines is 1. The van der Waals surface area contributed by atoms with Gasteiger partial charge in [-0.1, -0.05) is 12.1 Å². The van der Waals surface area contributed by atoms with Crippen molar-refractivity contribution in [2.75, 3.05) is 12.3 Å². The number of nitrogen functional groups attached to an aromatic ring is 1. The van der Waals surface area contributed by atoms with Gasteiger partial charge >= 0.3 is 12.6 Å². The molecule has 0 radical (unpaired) electrons. The number of benzene rings is 1. The molecule has 4 nitrogen and oxygen atoms in total. The summed E-state index contributed by atoms with van der Waals surface area (Å²) in [5.74, 6) is -0.600. The van der Waals surface area contributed by atoms with Crippen LogP contribution in [0.1, 0.15) is 6.42 Å². The van der Waals surface area contributed by atoms with Gasteiger partial charge in [0.1, 0.15) is 5.75 Å². The van der Waals surface area contributed by atoms with E-state index >= 15 is 0 Å². The van der Waals surface area contributed by atoms with E-state index in [4.69, 9.17) is 10.5 Å². The number of ether oxygens (including phenoxy) is 2. The van der Waals surface area contributed by atoms with Crippen molar-refractivity contribution in [2.24, 2.45) is 0 Å². The molecule has 2 N–H and O–H groups in total. The number of para-hydroxylation sites is 2. The minimum absolute atomic E-state index is 0.0558. The lowest BCUT2D eigenvalue weighted by Crippen LogP contribution is -2.13. The van der Waals surface area contributed by atoms with Gasteiger partial charge < -0.3 is 15.2 Å². The molecule has 0 aromatic heterocycles. The van der Waals surface area contributed by atoms with E-state index in [9.17, 15) is 13.6 Å². The van der Waals surface area contributed by atoms with Crippen molar-refractivity contribution >= 4 is 11.7 Å². The first-order valence-electron chi connectivity index (χ1n) is 4.54. The van der Waals surface area contributed by atoms with Gasteiger partial charge in [-0.15, -0.1) is 0 Å². The van der Waals surface area contributed by atoms with Gasteiger partial charge in [0, 0.05) is 0 Å². The molecule has 1 aromatic carbocycles. The predicted molar refractivity (Wildman–Crippen MR) is 53.1 cm³/mol. The highest BCUT2D eigenvalue weighted by atomic mass is 19.3. The van der Waals surface area contributed by atoms with E-state index in [0.717, 1.165) is 0 Å². The van der Waals surface area contributed by atoms with Crippen molar-refractivity contribution in [3.8, 4) is 5.75 Å². The fourth-order valence-electron chi connectivity index (χ4n) is 1.01. The summed E-state index contributed by atoms with van der Waals surface area (Å²) in [7, 11) is 0. The number of hydrogen-bond acceptors (Lipinski definition) is 4. The second kappa shape index (κ2) is 5.89. The second-order valence-corrected chi connectivity index (χ2v) is 2.89. The summed E-state index contributed by atoms with van der Waals surface area (Å²) in [4.78, 5) is 10.7. The molecular weight excluding hydrogens is 220 g/mol. The van der Waals surface area contributed by atoms with Crippen LogP contribution in [0.25, 0.3) is 0 Å². The van der Waals surface area contributed by atoms with Gasteiger partial charge in [-0.2, -0.15) is 8.78 Å². The first kappa shape index (κ1) is 12.2. The summed E-state index contributed by atoms with van der Waals surface area (Å²) in [5.41, 5.74) is 5.98. The molecule has 0 saturated heterocycles. The van der Waals surface area contributed by atoms with E-state index in [-0.39, 0.29) is 13.0 Å². The van der Waals surface area contributed by atoms with Crippen molar-refractivity contribution in [1.82, 2.24) is 0 Å². The van der Waals surface area contributed by atoms with Crippen LogP contribution in [-0.4, -0.2) is 19.2 Å². The number of carbonyl (C=O) groups excluding carboxylic acids is 1. The molecule has 1 rings (SSSR count). The number of nitrogens with two attached hydrogens (primary N) is 1. The Hall–Kier alpha value is -1.85. The summed E-state index contributed by atoms with van der Waals surface area (Å²) < 4.78 is 31.9. The summed E-state index contributed by atoms with van der Waals surface area (Å²) in [6.45, 7) is -3.14. The van der Waals surface area contributed by atoms with Crippen LogP contribution in [0.3, 0.4) is 0 Å². The van der Waals surface area contributed by atoms with Gasteiger partial charge in [0.15, 0.2) is 0 Å². The van der Waals surface area contributed by atoms with Crippen LogP contribution in [-0.2, 0) is 9.53 Å². The third kappa shape index (κ3) is 4.12. The molecule has 0 unspecified atom stereocenters. The van der Waals surface area contributed by atoms with Crippen molar-refractivity contribution in [3.63, 3.8) is 0 Å². The monoisotopic (exact) mass is 231 g/mol. The van der Waals surface area contributed by atoms with Crippen LogP contribution < -0.4 is 10.5 Å². The maximum atomic E-state index is 11.6. The van der Waals surface area contributed by atoms with Crippen molar-refractivity contribution < 1.29 is 23.0 Å². The van der Waals surface area contributed by atoms with Gasteiger partial charge in [-0.3, -0.25) is 4.79 Å². The molecule has 0 spiro atoms. The standard InChI is InChI=1S/C10H11F2NO3/c11-10(12)16-9(14)5-6-15-8-4-2-1-3-7(8)13/h1-4,10H,5-6,13H2. The molecule has 0 aliphatic heterocycles. The summed E-state index contributed by atoms with van der Waals surface area (Å²) in [6.07, 6.45) is -0.251. The van der Waals surface area contributed by atoms with Gasteiger partial charge in [-0.05, 0) is 12.1 Å². The lowest BCUT2D eigenvalue weighted by molar-refractivity contribution is -0.176. The second-order valence-electron chi connectivity index (χ2n) is 2.89. The zero-order valence-corrected chi connectivity index (χ0v) is 8.36. The molecular formula is C10H11F2NO3. The average molecular weight is 231 g/mol. The van der Waals surface area contributed by atoms with E-state index in [1.165, 1.54) is 0 Å². The highest BCUT2D eigenvalue weighted by Crippen LogP contribution is 2.19. The van der Waals surface area contributed by atoms with Crippen molar-refractivity contribution in [2.45, 2.75) is 13.0 Å². The Morgan fingerprint density at radius 2 is 2.06 bits per heavy atom. The van der Waals surface area contributed by atoms with Gasteiger partial charge in [0.05, 0.1) is 18.7 Å². The first-order valence-corrected chi connectivity index (χ1v) is 4.54. The Balaban J connectivity index is 2.31. The van der Waals surface area contributed by atoms with Gasteiger partial charge in [-0.25, -0.2) is 0 Å². The minimum Gasteiger partial charge on any atom is -0.491 e. The molecule has 6 heteroatoms. The van der Waals surface area contributed by atoms with Crippen LogP contribution in [0.2, 0.25) is 0 Å². The third-order valence-corrected chi connectivity index (χ3v) is 1.70. The fourth-order valence-corrected chi connectivity index (χ4v) is 1.01. The molecule has 0 heterocycles. The predicted octanol–water partition coefficient (Wildman–Crippen LogP) is 1.80. The quantitative estimate of drug-likeness (QED) is 0.620. The third-order valence-electron chi connectivity index (χ3n) is 1.70. The normalized spacial score (nSPS) is 10.2. The maximum absolute atomic E-state index is 11.6. The zero-order chi connectivity index (χ0) is 12.0. The van der Waals surface area contributed by atoms with Crippen LogP contribution >= 0.6 is 0 Å². The Kier molecular flexibility index (Phi) is 4.50. The number of rotatable bonds is 5. The van der Waals surface area contributed by atoms with E-state index in [1.807, 2.05) is 0 Å². The fraction of sp³-hybridized carbons (Fsp3) is 0.300. The number of carbonyl (C=O) groups is 1. The highest BCUT2D eigenvalue weighted by Gasteiger charge is 2.10. The van der Waals surface area contributed by atoms with E-state index in [0.29, 0.717) is 11.4 Å². The molecule has 0 saturated carbocycles. The summed E-state index contributed by atoms with van der Waals surface area (Å²) in [5, 5.41) is 0.